The van der Waals surface area contributed by atoms with Gasteiger partial charge in [0.05, 0.1) is 18.8 Å². The first-order valence-corrected chi connectivity index (χ1v) is 12.0. The monoisotopic (exact) mass is 467 g/mol. The van der Waals surface area contributed by atoms with E-state index in [0.29, 0.717) is 32.0 Å². The van der Waals surface area contributed by atoms with E-state index in [-0.39, 0.29) is 0 Å². The Hall–Kier alpha value is -2.70. The molecule has 6 heteroatoms. The Bertz CT molecular complexity index is 1170. The lowest BCUT2D eigenvalue weighted by molar-refractivity contribution is -0.137. The van der Waals surface area contributed by atoms with Crippen molar-refractivity contribution in [1.82, 2.24) is 0 Å². The molecule has 2 aliphatic rings. The third kappa shape index (κ3) is 4.82. The van der Waals surface area contributed by atoms with Crippen LogP contribution in [-0.2, 0) is 23.1 Å². The number of thioether (sulfide) groups is 1. The molecule has 5 rings (SSSR count). The standard InChI is InChI=1S/C27H24F3NOS/c28-27(29,30)21-7-10-25(26(17-21)31-12-14-32-15-13-31)24-9-6-20-16-22(8-11-23(20)24)33-18-19-4-2-1-3-5-19/h1-5,7-11,16-17H,6,12-15,18H2. The Morgan fingerprint density at radius 1 is 0.879 bits per heavy atom. The highest BCUT2D eigenvalue weighted by Crippen LogP contribution is 2.42. The minimum absolute atomic E-state index is 0.521. The second-order valence-electron chi connectivity index (χ2n) is 8.24. The van der Waals surface area contributed by atoms with Crippen LogP contribution in [0.1, 0.15) is 27.8 Å². The molecule has 1 aliphatic carbocycles. The van der Waals surface area contributed by atoms with Gasteiger partial charge in [-0.25, -0.2) is 0 Å². The Morgan fingerprint density at radius 2 is 1.64 bits per heavy atom. The lowest BCUT2D eigenvalue weighted by Gasteiger charge is -2.31. The number of rotatable bonds is 5. The van der Waals surface area contributed by atoms with Crippen LogP contribution >= 0.6 is 11.8 Å². The van der Waals surface area contributed by atoms with Crippen molar-refractivity contribution in [2.24, 2.45) is 0 Å². The van der Waals surface area contributed by atoms with E-state index >= 15 is 0 Å². The number of nitrogens with zero attached hydrogens (tertiary/aromatic N) is 1. The van der Waals surface area contributed by atoms with E-state index < -0.39 is 11.7 Å². The van der Waals surface area contributed by atoms with Crippen LogP contribution in [-0.4, -0.2) is 26.3 Å². The second kappa shape index (κ2) is 9.27. The lowest BCUT2D eigenvalue weighted by atomic mass is 9.95. The summed E-state index contributed by atoms with van der Waals surface area (Å²) in [5, 5.41) is 0. The molecule has 1 aliphatic heterocycles. The van der Waals surface area contributed by atoms with Gasteiger partial charge in [-0.15, -0.1) is 11.8 Å². The van der Waals surface area contributed by atoms with Gasteiger partial charge in [0.15, 0.2) is 0 Å². The van der Waals surface area contributed by atoms with Gasteiger partial charge < -0.3 is 9.64 Å². The van der Waals surface area contributed by atoms with Crippen LogP contribution in [0, 0.1) is 0 Å². The lowest BCUT2D eigenvalue weighted by Crippen LogP contribution is -2.37. The molecule has 1 saturated heterocycles. The normalized spacial score (nSPS) is 16.0. The number of hydrogen-bond donors (Lipinski definition) is 0. The number of anilines is 1. The summed E-state index contributed by atoms with van der Waals surface area (Å²) in [5.74, 6) is 0.903. The van der Waals surface area contributed by atoms with Gasteiger partial charge in [-0.1, -0.05) is 48.5 Å². The maximum absolute atomic E-state index is 13.5. The maximum atomic E-state index is 13.5. The molecule has 0 saturated carbocycles. The van der Waals surface area contributed by atoms with Crippen molar-refractivity contribution in [3.8, 4) is 0 Å². The molecule has 33 heavy (non-hydrogen) atoms. The molecule has 3 aromatic rings. The van der Waals surface area contributed by atoms with Crippen LogP contribution in [0.25, 0.3) is 5.57 Å². The first-order chi connectivity index (χ1) is 16.0. The number of ether oxygens (including phenoxy) is 1. The molecule has 1 heterocycles. The van der Waals surface area contributed by atoms with Gasteiger partial charge in [-0.05, 0) is 52.9 Å². The van der Waals surface area contributed by atoms with E-state index in [1.165, 1.54) is 28.2 Å². The number of halogens is 3. The summed E-state index contributed by atoms with van der Waals surface area (Å²) in [5.41, 5.74) is 5.49. The van der Waals surface area contributed by atoms with E-state index in [1.54, 1.807) is 17.8 Å². The van der Waals surface area contributed by atoms with Crippen LogP contribution in [0.5, 0.6) is 0 Å². The molecule has 0 bridgehead atoms. The van der Waals surface area contributed by atoms with E-state index in [0.717, 1.165) is 28.9 Å². The Morgan fingerprint density at radius 3 is 2.39 bits per heavy atom. The molecule has 170 valence electrons. The number of alkyl halides is 3. The number of benzene rings is 3. The molecule has 0 spiro atoms. The Labute approximate surface area is 196 Å². The molecule has 0 amide bonds. The first-order valence-electron chi connectivity index (χ1n) is 11.0. The molecule has 1 fully saturated rings. The smallest absolute Gasteiger partial charge is 0.378 e. The van der Waals surface area contributed by atoms with Crippen LogP contribution in [0.15, 0.2) is 77.7 Å². The van der Waals surface area contributed by atoms with E-state index in [1.807, 2.05) is 23.1 Å². The number of fused-ring (bicyclic) bond motifs is 1. The van der Waals surface area contributed by atoms with Gasteiger partial charge in [0.25, 0.3) is 0 Å². The fraction of sp³-hybridized carbons (Fsp3) is 0.259. The SMILES string of the molecule is FC(F)(F)c1ccc(C2=CCc3cc(SCc4ccccc4)ccc32)c(N2CCOCC2)c1. The van der Waals surface area contributed by atoms with E-state index in [4.69, 9.17) is 4.74 Å². The zero-order chi connectivity index (χ0) is 22.8. The second-order valence-corrected chi connectivity index (χ2v) is 9.29. The molecule has 0 radical (unpaired) electrons. The number of hydrogen-bond acceptors (Lipinski definition) is 3. The molecule has 3 aromatic carbocycles. The maximum Gasteiger partial charge on any atom is 0.416 e. The van der Waals surface area contributed by atoms with Crippen molar-refractivity contribution in [3.05, 3.63) is 101 Å². The third-order valence-corrected chi connectivity index (χ3v) is 7.17. The van der Waals surface area contributed by atoms with Gasteiger partial charge in [-0.3, -0.25) is 0 Å². The van der Waals surface area contributed by atoms with Crippen molar-refractivity contribution in [2.45, 2.75) is 23.2 Å². The molecule has 2 nitrogen and oxygen atoms in total. The predicted molar refractivity (Wildman–Crippen MR) is 128 cm³/mol. The Kier molecular flexibility index (Phi) is 6.21. The summed E-state index contributed by atoms with van der Waals surface area (Å²) >= 11 is 1.80. The minimum Gasteiger partial charge on any atom is -0.378 e. The van der Waals surface area contributed by atoms with Crippen molar-refractivity contribution >= 4 is 23.0 Å². The van der Waals surface area contributed by atoms with Gasteiger partial charge in [-0.2, -0.15) is 13.2 Å². The van der Waals surface area contributed by atoms with Crippen LogP contribution in [0.4, 0.5) is 18.9 Å². The highest BCUT2D eigenvalue weighted by atomic mass is 32.2. The third-order valence-electron chi connectivity index (χ3n) is 6.11. The van der Waals surface area contributed by atoms with Crippen molar-refractivity contribution in [3.63, 3.8) is 0 Å². The fourth-order valence-electron chi connectivity index (χ4n) is 4.41. The average Bonchev–Trinajstić information content (AvgIpc) is 3.26. The van der Waals surface area contributed by atoms with Crippen LogP contribution in [0.2, 0.25) is 0 Å². The van der Waals surface area contributed by atoms with Gasteiger partial charge >= 0.3 is 6.18 Å². The topological polar surface area (TPSA) is 12.5 Å². The average molecular weight is 468 g/mol. The summed E-state index contributed by atoms with van der Waals surface area (Å²) in [4.78, 5) is 3.21. The van der Waals surface area contributed by atoms with Crippen molar-refractivity contribution < 1.29 is 17.9 Å². The number of allylic oxidation sites excluding steroid dienone is 1. The summed E-state index contributed by atoms with van der Waals surface area (Å²) < 4.78 is 45.8. The molecule has 0 atom stereocenters. The molecular formula is C27H24F3NOS. The highest BCUT2D eigenvalue weighted by molar-refractivity contribution is 7.98. The zero-order valence-electron chi connectivity index (χ0n) is 18.1. The van der Waals surface area contributed by atoms with Crippen molar-refractivity contribution in [1.29, 1.82) is 0 Å². The van der Waals surface area contributed by atoms with Crippen LogP contribution < -0.4 is 4.90 Å². The molecule has 0 aromatic heterocycles. The highest BCUT2D eigenvalue weighted by Gasteiger charge is 2.32. The molecule has 0 N–H and O–H groups in total. The summed E-state index contributed by atoms with van der Waals surface area (Å²) in [6.45, 7) is 2.22. The molecule has 0 unspecified atom stereocenters. The van der Waals surface area contributed by atoms with Gasteiger partial charge in [0.2, 0.25) is 0 Å². The van der Waals surface area contributed by atoms with Gasteiger partial charge in [0, 0.05) is 35.0 Å². The Balaban J connectivity index is 1.43. The van der Waals surface area contributed by atoms with E-state index in [2.05, 4.69) is 36.4 Å². The van der Waals surface area contributed by atoms with Crippen LogP contribution in [0.3, 0.4) is 0 Å². The van der Waals surface area contributed by atoms with Gasteiger partial charge in [0.1, 0.15) is 0 Å². The minimum atomic E-state index is -4.37. The fourth-order valence-corrected chi connectivity index (χ4v) is 5.33. The molecular weight excluding hydrogens is 443 g/mol. The van der Waals surface area contributed by atoms with Crippen molar-refractivity contribution in [2.75, 3.05) is 31.2 Å². The summed E-state index contributed by atoms with van der Waals surface area (Å²) in [6.07, 6.45) is -1.44. The first kappa shape index (κ1) is 22.1. The zero-order valence-corrected chi connectivity index (χ0v) is 18.9. The largest absolute Gasteiger partial charge is 0.416 e. The predicted octanol–water partition coefficient (Wildman–Crippen LogP) is 6.82. The quantitative estimate of drug-likeness (QED) is 0.382. The van der Waals surface area contributed by atoms with E-state index in [9.17, 15) is 13.2 Å². The summed E-state index contributed by atoms with van der Waals surface area (Å²) in [6, 6.07) is 20.9. The number of morpholine rings is 1. The summed E-state index contributed by atoms with van der Waals surface area (Å²) in [7, 11) is 0.